The number of rotatable bonds is 8. The number of aromatic hydroxyl groups is 2. The number of hydrogen-bond acceptors (Lipinski definition) is 11. The summed E-state index contributed by atoms with van der Waals surface area (Å²) >= 11 is 0. The molecule has 7 N–H and O–H groups in total. The lowest BCUT2D eigenvalue weighted by Gasteiger charge is -2.43. The number of phenolic OH excluding ortho intramolecular Hbond substituents is 2. The zero-order chi connectivity index (χ0) is 26.9. The highest BCUT2D eigenvalue weighted by Gasteiger charge is 2.45. The van der Waals surface area contributed by atoms with Crippen molar-refractivity contribution in [2.75, 3.05) is 34.0 Å². The van der Waals surface area contributed by atoms with E-state index in [2.05, 4.69) is 0 Å². The Labute approximate surface area is 214 Å². The number of aliphatic hydroxyl groups is 5. The lowest BCUT2D eigenvalue weighted by molar-refractivity contribution is -0.304. The summed E-state index contributed by atoms with van der Waals surface area (Å²) in [4.78, 5) is 0. The van der Waals surface area contributed by atoms with E-state index in [0.29, 0.717) is 12.2 Å². The molecule has 1 heterocycles. The van der Waals surface area contributed by atoms with Crippen LogP contribution in [0.2, 0.25) is 0 Å². The van der Waals surface area contributed by atoms with E-state index in [0.717, 1.165) is 16.7 Å². The van der Waals surface area contributed by atoms with E-state index >= 15 is 0 Å². The maximum absolute atomic E-state index is 10.6. The van der Waals surface area contributed by atoms with Gasteiger partial charge in [-0.05, 0) is 59.2 Å². The molecule has 0 bridgehead atoms. The van der Waals surface area contributed by atoms with E-state index in [1.807, 2.05) is 0 Å². The maximum Gasteiger partial charge on any atom is 0.186 e. The standard InChI is InChI=1S/C26H34O11/c1-34-19-6-12(3-4-17(19)29)22-15-8-18(30)20(35-2)7-13(15)5-14(9-27)16(22)11-36-26-25(33)24(32)23(31)21(10-28)37-26/h3-4,6-8,14,16,21-33H,5,9-11H2,1-2H3/t14-,16+,21-,22+,23-,24+,25-,26+/m1/s1. The van der Waals surface area contributed by atoms with Gasteiger partial charge in [0, 0.05) is 12.5 Å². The van der Waals surface area contributed by atoms with Crippen molar-refractivity contribution in [3.63, 3.8) is 0 Å². The number of ether oxygens (including phenoxy) is 4. The molecule has 2 aromatic rings. The second-order valence-electron chi connectivity index (χ2n) is 9.47. The van der Waals surface area contributed by atoms with Gasteiger partial charge in [0.25, 0.3) is 0 Å². The molecular weight excluding hydrogens is 488 g/mol. The molecule has 4 rings (SSSR count). The molecular formula is C26H34O11. The molecule has 0 radical (unpaired) electrons. The van der Waals surface area contributed by atoms with E-state index < -0.39 is 49.1 Å². The molecule has 0 aromatic heterocycles. The zero-order valence-corrected chi connectivity index (χ0v) is 20.6. The van der Waals surface area contributed by atoms with Gasteiger partial charge in [-0.25, -0.2) is 0 Å². The number of aliphatic hydroxyl groups excluding tert-OH is 5. The SMILES string of the molecule is COc1cc([C@H]2c3cc(O)c(OC)cc3C[C@H](CO)[C@@H]2CO[C@H]2O[C@H](CO)[C@@H](O)[C@H](O)[C@H]2O)ccc1O. The third kappa shape index (κ3) is 5.21. The first kappa shape index (κ1) is 27.4. The monoisotopic (exact) mass is 522 g/mol. The number of methoxy groups -OCH3 is 2. The van der Waals surface area contributed by atoms with Crippen LogP contribution in [-0.4, -0.2) is 100 Å². The largest absolute Gasteiger partial charge is 0.504 e. The lowest BCUT2D eigenvalue weighted by Crippen LogP contribution is -2.59. The highest BCUT2D eigenvalue weighted by molar-refractivity contribution is 5.53. The van der Waals surface area contributed by atoms with Gasteiger partial charge in [-0.15, -0.1) is 0 Å². The summed E-state index contributed by atoms with van der Waals surface area (Å²) in [7, 11) is 2.88. The smallest absolute Gasteiger partial charge is 0.186 e. The van der Waals surface area contributed by atoms with Crippen LogP contribution in [0.3, 0.4) is 0 Å². The van der Waals surface area contributed by atoms with Gasteiger partial charge in [-0.2, -0.15) is 0 Å². The first-order valence-electron chi connectivity index (χ1n) is 12.0. The Morgan fingerprint density at radius 1 is 0.865 bits per heavy atom. The third-order valence-electron chi connectivity index (χ3n) is 7.39. The summed E-state index contributed by atoms with van der Waals surface area (Å²) in [5.74, 6) is -0.744. The van der Waals surface area contributed by atoms with Gasteiger partial charge < -0.3 is 54.7 Å². The van der Waals surface area contributed by atoms with Crippen LogP contribution in [0.5, 0.6) is 23.0 Å². The topological polar surface area (TPSA) is 179 Å². The minimum Gasteiger partial charge on any atom is -0.504 e. The Kier molecular flexibility index (Phi) is 8.44. The molecule has 0 unspecified atom stereocenters. The summed E-state index contributed by atoms with van der Waals surface area (Å²) in [6, 6.07) is 8.22. The van der Waals surface area contributed by atoms with Crippen molar-refractivity contribution < 1.29 is 54.7 Å². The van der Waals surface area contributed by atoms with Crippen LogP contribution in [0.25, 0.3) is 0 Å². The molecule has 37 heavy (non-hydrogen) atoms. The molecule has 0 spiro atoms. The minimum absolute atomic E-state index is 0.0476. The molecule has 1 aliphatic heterocycles. The first-order valence-corrected chi connectivity index (χ1v) is 12.0. The molecule has 2 aliphatic rings. The van der Waals surface area contributed by atoms with E-state index in [9.17, 15) is 35.7 Å². The fraction of sp³-hybridized carbons (Fsp3) is 0.538. The minimum atomic E-state index is -1.59. The predicted octanol–water partition coefficient (Wildman–Crippen LogP) is -0.156. The van der Waals surface area contributed by atoms with E-state index in [1.54, 1.807) is 24.3 Å². The second-order valence-corrected chi connectivity index (χ2v) is 9.47. The van der Waals surface area contributed by atoms with Crippen molar-refractivity contribution in [2.45, 2.75) is 43.0 Å². The summed E-state index contributed by atoms with van der Waals surface area (Å²) in [6.45, 7) is -0.830. The summed E-state index contributed by atoms with van der Waals surface area (Å²) in [5.41, 5.74) is 2.34. The number of fused-ring (bicyclic) bond motifs is 1. The van der Waals surface area contributed by atoms with Gasteiger partial charge in [-0.1, -0.05) is 6.07 Å². The Balaban J connectivity index is 1.72. The average molecular weight is 523 g/mol. The molecule has 11 heteroatoms. The molecule has 8 atom stereocenters. The molecule has 11 nitrogen and oxygen atoms in total. The fourth-order valence-corrected chi connectivity index (χ4v) is 5.35. The number of hydrogen-bond donors (Lipinski definition) is 7. The van der Waals surface area contributed by atoms with Gasteiger partial charge in [0.15, 0.2) is 29.3 Å². The van der Waals surface area contributed by atoms with Gasteiger partial charge in [0.2, 0.25) is 0 Å². The Hall–Kier alpha value is -2.64. The number of benzene rings is 2. The predicted molar refractivity (Wildman–Crippen MR) is 129 cm³/mol. The summed E-state index contributed by atoms with van der Waals surface area (Å²) in [6.07, 6.45) is -6.68. The van der Waals surface area contributed by atoms with Crippen LogP contribution in [-0.2, 0) is 15.9 Å². The van der Waals surface area contributed by atoms with Gasteiger partial charge >= 0.3 is 0 Å². The quantitative estimate of drug-likeness (QED) is 0.245. The Morgan fingerprint density at radius 3 is 2.22 bits per heavy atom. The highest BCUT2D eigenvalue weighted by Crippen LogP contribution is 2.48. The molecule has 0 saturated carbocycles. The van der Waals surface area contributed by atoms with Crippen LogP contribution in [0.4, 0.5) is 0 Å². The third-order valence-corrected chi connectivity index (χ3v) is 7.39. The van der Waals surface area contributed by atoms with Crippen molar-refractivity contribution in [2.24, 2.45) is 11.8 Å². The van der Waals surface area contributed by atoms with Crippen LogP contribution in [0.15, 0.2) is 30.3 Å². The van der Waals surface area contributed by atoms with Crippen LogP contribution in [0.1, 0.15) is 22.6 Å². The van der Waals surface area contributed by atoms with E-state index in [-0.39, 0.29) is 36.4 Å². The highest BCUT2D eigenvalue weighted by atomic mass is 16.7. The van der Waals surface area contributed by atoms with Gasteiger partial charge in [0.1, 0.15) is 24.4 Å². The summed E-state index contributed by atoms with van der Waals surface area (Å²) < 4.78 is 22.0. The lowest BCUT2D eigenvalue weighted by atomic mass is 9.67. The fourth-order valence-electron chi connectivity index (χ4n) is 5.35. The average Bonchev–Trinajstić information content (AvgIpc) is 2.90. The normalized spacial score (nSPS) is 31.5. The Morgan fingerprint density at radius 2 is 1.57 bits per heavy atom. The number of phenols is 2. The summed E-state index contributed by atoms with van der Waals surface area (Å²) in [5, 5.41) is 71.2. The van der Waals surface area contributed by atoms with E-state index in [4.69, 9.17) is 18.9 Å². The zero-order valence-electron chi connectivity index (χ0n) is 20.6. The van der Waals surface area contributed by atoms with E-state index in [1.165, 1.54) is 20.3 Å². The van der Waals surface area contributed by atoms with Crippen LogP contribution >= 0.6 is 0 Å². The molecule has 2 aromatic carbocycles. The maximum atomic E-state index is 10.6. The van der Waals surface area contributed by atoms with Crippen LogP contribution < -0.4 is 9.47 Å². The molecule has 1 saturated heterocycles. The molecule has 1 fully saturated rings. The van der Waals surface area contributed by atoms with Crippen molar-refractivity contribution in [3.05, 3.63) is 47.0 Å². The van der Waals surface area contributed by atoms with Crippen LogP contribution in [0, 0.1) is 11.8 Å². The van der Waals surface area contributed by atoms with Crippen molar-refractivity contribution in [1.29, 1.82) is 0 Å². The van der Waals surface area contributed by atoms with Crippen molar-refractivity contribution in [3.8, 4) is 23.0 Å². The van der Waals surface area contributed by atoms with Gasteiger partial charge in [-0.3, -0.25) is 0 Å². The molecule has 204 valence electrons. The van der Waals surface area contributed by atoms with Crippen molar-refractivity contribution >= 4 is 0 Å². The van der Waals surface area contributed by atoms with Crippen molar-refractivity contribution in [1.82, 2.24) is 0 Å². The first-order chi connectivity index (χ1) is 17.7. The second kappa shape index (κ2) is 11.4. The molecule has 1 aliphatic carbocycles. The molecule has 0 amide bonds. The van der Waals surface area contributed by atoms with Gasteiger partial charge in [0.05, 0.1) is 27.4 Å². The Bertz CT molecular complexity index is 1070.